The predicted octanol–water partition coefficient (Wildman–Crippen LogP) is 3.56. The Morgan fingerprint density at radius 2 is 2.04 bits per heavy atom. The summed E-state index contributed by atoms with van der Waals surface area (Å²) in [4.78, 5) is 25.0. The van der Waals surface area contributed by atoms with E-state index in [0.717, 1.165) is 5.56 Å². The lowest BCUT2D eigenvalue weighted by Crippen LogP contribution is -2.27. The SMILES string of the molecule is CC(=O)Nc1cccc([C@H]2SCC(=O)N2c2cccc(F)c2)c1. The fourth-order valence-corrected chi connectivity index (χ4v) is 3.72. The molecule has 1 aliphatic rings. The Morgan fingerprint density at radius 3 is 2.78 bits per heavy atom. The number of benzene rings is 2. The first-order valence-electron chi connectivity index (χ1n) is 7.11. The van der Waals surface area contributed by atoms with Gasteiger partial charge in [0, 0.05) is 18.3 Å². The number of hydrogen-bond acceptors (Lipinski definition) is 3. The monoisotopic (exact) mass is 330 g/mol. The number of hydrogen-bond donors (Lipinski definition) is 1. The summed E-state index contributed by atoms with van der Waals surface area (Å²) >= 11 is 1.48. The molecule has 0 aromatic heterocycles. The van der Waals surface area contributed by atoms with E-state index >= 15 is 0 Å². The highest BCUT2D eigenvalue weighted by Gasteiger charge is 2.34. The van der Waals surface area contributed by atoms with Crippen LogP contribution < -0.4 is 10.2 Å². The summed E-state index contributed by atoms with van der Waals surface area (Å²) in [7, 11) is 0. The molecule has 0 radical (unpaired) electrons. The van der Waals surface area contributed by atoms with Crippen LogP contribution >= 0.6 is 11.8 Å². The average Bonchev–Trinajstić information content (AvgIpc) is 2.88. The van der Waals surface area contributed by atoms with Gasteiger partial charge in [0.15, 0.2) is 0 Å². The highest BCUT2D eigenvalue weighted by Crippen LogP contribution is 2.42. The molecule has 4 nitrogen and oxygen atoms in total. The van der Waals surface area contributed by atoms with Crippen LogP contribution in [0.1, 0.15) is 17.9 Å². The lowest BCUT2D eigenvalue weighted by molar-refractivity contribution is -0.116. The summed E-state index contributed by atoms with van der Waals surface area (Å²) in [6, 6.07) is 13.4. The molecule has 1 aliphatic heterocycles. The Hall–Kier alpha value is -2.34. The van der Waals surface area contributed by atoms with Crippen molar-refractivity contribution in [2.24, 2.45) is 0 Å². The molecule has 0 saturated carbocycles. The van der Waals surface area contributed by atoms with Crippen molar-refractivity contribution < 1.29 is 14.0 Å². The number of nitrogens with zero attached hydrogens (tertiary/aromatic N) is 1. The summed E-state index contributed by atoms with van der Waals surface area (Å²) < 4.78 is 13.5. The van der Waals surface area contributed by atoms with Crippen LogP contribution in [0.3, 0.4) is 0 Å². The third-order valence-corrected chi connectivity index (χ3v) is 4.66. The number of nitrogens with one attached hydrogen (secondary N) is 1. The van der Waals surface area contributed by atoms with Crippen molar-refractivity contribution in [1.29, 1.82) is 0 Å². The molecule has 1 fully saturated rings. The maximum atomic E-state index is 13.5. The minimum Gasteiger partial charge on any atom is -0.326 e. The summed E-state index contributed by atoms with van der Waals surface area (Å²) in [5, 5.41) is 2.49. The quantitative estimate of drug-likeness (QED) is 0.936. The molecule has 1 saturated heterocycles. The van der Waals surface area contributed by atoms with Gasteiger partial charge in [-0.15, -0.1) is 11.8 Å². The van der Waals surface area contributed by atoms with Crippen LogP contribution in [-0.2, 0) is 9.59 Å². The fourth-order valence-electron chi connectivity index (χ4n) is 2.55. The normalized spacial score (nSPS) is 17.4. The number of anilines is 2. The zero-order valence-electron chi connectivity index (χ0n) is 12.5. The van der Waals surface area contributed by atoms with E-state index in [1.807, 2.05) is 18.2 Å². The van der Waals surface area contributed by atoms with E-state index in [1.54, 1.807) is 23.1 Å². The third-order valence-electron chi connectivity index (χ3n) is 3.45. The van der Waals surface area contributed by atoms with Gasteiger partial charge in [0.1, 0.15) is 11.2 Å². The molecule has 0 spiro atoms. The van der Waals surface area contributed by atoms with Gasteiger partial charge in [-0.2, -0.15) is 0 Å². The molecule has 3 rings (SSSR count). The Labute approximate surface area is 137 Å². The maximum Gasteiger partial charge on any atom is 0.238 e. The van der Waals surface area contributed by atoms with Gasteiger partial charge in [-0.3, -0.25) is 14.5 Å². The lowest BCUT2D eigenvalue weighted by atomic mass is 10.1. The van der Waals surface area contributed by atoms with Crippen LogP contribution in [0.5, 0.6) is 0 Å². The first-order valence-corrected chi connectivity index (χ1v) is 8.16. The second-order valence-corrected chi connectivity index (χ2v) is 6.28. The van der Waals surface area contributed by atoms with Gasteiger partial charge < -0.3 is 5.32 Å². The van der Waals surface area contributed by atoms with Crippen molar-refractivity contribution in [3.63, 3.8) is 0 Å². The topological polar surface area (TPSA) is 49.4 Å². The van der Waals surface area contributed by atoms with Gasteiger partial charge in [0.25, 0.3) is 0 Å². The molecule has 1 N–H and O–H groups in total. The molecule has 23 heavy (non-hydrogen) atoms. The van der Waals surface area contributed by atoms with Crippen molar-refractivity contribution in [2.75, 3.05) is 16.0 Å². The smallest absolute Gasteiger partial charge is 0.238 e. The van der Waals surface area contributed by atoms with E-state index < -0.39 is 0 Å². The van der Waals surface area contributed by atoms with E-state index in [9.17, 15) is 14.0 Å². The minimum absolute atomic E-state index is 0.0597. The number of thioether (sulfide) groups is 1. The molecule has 0 aliphatic carbocycles. The van der Waals surface area contributed by atoms with Crippen LogP contribution in [0.15, 0.2) is 48.5 Å². The van der Waals surface area contributed by atoms with E-state index in [4.69, 9.17) is 0 Å². The van der Waals surface area contributed by atoms with Crippen LogP contribution in [0.25, 0.3) is 0 Å². The molecular formula is C17H15FN2O2S. The molecule has 2 amide bonds. The van der Waals surface area contributed by atoms with E-state index in [1.165, 1.54) is 30.8 Å². The molecule has 0 unspecified atom stereocenters. The molecule has 1 heterocycles. The Bertz CT molecular complexity index is 766. The maximum absolute atomic E-state index is 13.5. The molecular weight excluding hydrogens is 315 g/mol. The second kappa shape index (κ2) is 6.42. The van der Waals surface area contributed by atoms with Crippen molar-refractivity contribution in [3.8, 4) is 0 Å². The first kappa shape index (κ1) is 15.6. The van der Waals surface area contributed by atoms with Crippen molar-refractivity contribution >= 4 is 35.0 Å². The first-order chi connectivity index (χ1) is 11.0. The Morgan fingerprint density at radius 1 is 1.26 bits per heavy atom. The van der Waals surface area contributed by atoms with Crippen molar-refractivity contribution in [2.45, 2.75) is 12.3 Å². The van der Waals surface area contributed by atoms with Gasteiger partial charge in [0.2, 0.25) is 11.8 Å². The van der Waals surface area contributed by atoms with Crippen LogP contribution in [0.2, 0.25) is 0 Å². The number of halogens is 1. The molecule has 2 aromatic carbocycles. The third kappa shape index (κ3) is 3.37. The summed E-state index contributed by atoms with van der Waals surface area (Å²) in [5.74, 6) is -0.251. The largest absolute Gasteiger partial charge is 0.326 e. The Kier molecular flexibility index (Phi) is 4.34. The second-order valence-electron chi connectivity index (χ2n) is 5.21. The zero-order chi connectivity index (χ0) is 16.4. The summed E-state index contributed by atoms with van der Waals surface area (Å²) in [6.07, 6.45) is 0. The van der Waals surface area contributed by atoms with Gasteiger partial charge >= 0.3 is 0 Å². The highest BCUT2D eigenvalue weighted by molar-refractivity contribution is 8.00. The van der Waals surface area contributed by atoms with E-state index in [2.05, 4.69) is 5.32 Å². The molecule has 0 bridgehead atoms. The van der Waals surface area contributed by atoms with Gasteiger partial charge in [-0.1, -0.05) is 18.2 Å². The zero-order valence-corrected chi connectivity index (χ0v) is 13.3. The lowest BCUT2D eigenvalue weighted by Gasteiger charge is -2.24. The molecule has 1 atom stereocenters. The molecule has 2 aromatic rings. The molecule has 118 valence electrons. The van der Waals surface area contributed by atoms with Gasteiger partial charge in [-0.25, -0.2) is 4.39 Å². The predicted molar refractivity (Wildman–Crippen MR) is 89.8 cm³/mol. The highest BCUT2D eigenvalue weighted by atomic mass is 32.2. The summed E-state index contributed by atoms with van der Waals surface area (Å²) in [5.41, 5.74) is 2.10. The number of carbonyl (C=O) groups excluding carboxylic acids is 2. The van der Waals surface area contributed by atoms with Crippen LogP contribution in [0.4, 0.5) is 15.8 Å². The van der Waals surface area contributed by atoms with Crippen LogP contribution in [-0.4, -0.2) is 17.6 Å². The van der Waals surface area contributed by atoms with Crippen LogP contribution in [0, 0.1) is 5.82 Å². The average molecular weight is 330 g/mol. The van der Waals surface area contributed by atoms with E-state index in [0.29, 0.717) is 17.1 Å². The van der Waals surface area contributed by atoms with E-state index in [-0.39, 0.29) is 23.0 Å². The molecule has 6 heteroatoms. The number of rotatable bonds is 3. The fraction of sp³-hybridized carbons (Fsp3) is 0.176. The Balaban J connectivity index is 1.95. The standard InChI is InChI=1S/C17H15FN2O2S/c1-11(21)19-14-6-2-4-12(8-14)17-20(16(22)10-23-17)15-7-3-5-13(18)9-15/h2-9,17H,10H2,1H3,(H,19,21)/t17-/m1/s1. The van der Waals surface area contributed by atoms with Gasteiger partial charge in [-0.05, 0) is 35.9 Å². The number of amides is 2. The van der Waals surface area contributed by atoms with Gasteiger partial charge in [0.05, 0.1) is 5.75 Å². The van der Waals surface area contributed by atoms with Crippen molar-refractivity contribution in [1.82, 2.24) is 0 Å². The van der Waals surface area contributed by atoms with Crippen molar-refractivity contribution in [3.05, 3.63) is 59.9 Å². The summed E-state index contributed by atoms with van der Waals surface area (Å²) in [6.45, 7) is 1.44. The number of carbonyl (C=O) groups is 2. The minimum atomic E-state index is -0.377.